The first kappa shape index (κ1) is 23.9. The van der Waals surface area contributed by atoms with Gasteiger partial charge in [-0.3, -0.25) is 0 Å². The number of nitrogens with zero attached hydrogens (tertiary/aromatic N) is 1. The number of allylic oxidation sites excluding steroid dienone is 1. The second-order valence-corrected chi connectivity index (χ2v) is 9.23. The molecule has 0 amide bonds. The van der Waals surface area contributed by atoms with Crippen LogP contribution in [-0.2, 0) is 4.74 Å². The average Bonchev–Trinajstić information content (AvgIpc) is 2.55. The molecule has 0 spiro atoms. The summed E-state index contributed by atoms with van der Waals surface area (Å²) in [5.41, 5.74) is 7.31. The number of aliphatic hydroxyl groups excluding tert-OH is 1. The normalized spacial score (nSPS) is 13.6. The van der Waals surface area contributed by atoms with Crippen molar-refractivity contribution < 1.29 is 14.6 Å². The zero-order valence-corrected chi connectivity index (χ0v) is 17.9. The quantitative estimate of drug-likeness (QED) is 0.246. The number of halogens is 3. The lowest BCUT2D eigenvalue weighted by Gasteiger charge is -2.20. The molecule has 0 aliphatic heterocycles. The van der Waals surface area contributed by atoms with Gasteiger partial charge >= 0.3 is 0 Å². The van der Waals surface area contributed by atoms with Crippen LogP contribution in [0.2, 0.25) is 0 Å². The fourth-order valence-corrected chi connectivity index (χ4v) is 1.97. The Morgan fingerprint density at radius 2 is 2.00 bits per heavy atom. The summed E-state index contributed by atoms with van der Waals surface area (Å²) < 4.78 is 9.18. The molecule has 0 atom stereocenters. The van der Waals surface area contributed by atoms with Gasteiger partial charge in [-0.1, -0.05) is 61.6 Å². The van der Waals surface area contributed by atoms with E-state index in [1.54, 1.807) is 18.2 Å². The number of ether oxygens (including phenoxy) is 2. The van der Waals surface area contributed by atoms with E-state index in [4.69, 9.17) is 55.1 Å². The third-order valence-corrected chi connectivity index (χ3v) is 3.54. The van der Waals surface area contributed by atoms with Crippen LogP contribution in [0.5, 0.6) is 5.75 Å². The van der Waals surface area contributed by atoms with E-state index >= 15 is 0 Å². The van der Waals surface area contributed by atoms with E-state index in [2.05, 4.69) is 10.3 Å². The maximum atomic E-state index is 8.87. The second-order valence-electron chi connectivity index (χ2n) is 6.71. The highest BCUT2D eigenvalue weighted by molar-refractivity contribution is 6.67. The molecule has 9 heteroatoms. The fourth-order valence-electron chi connectivity index (χ4n) is 1.74. The van der Waals surface area contributed by atoms with E-state index in [1.165, 1.54) is 0 Å². The molecule has 0 radical (unpaired) electrons. The van der Waals surface area contributed by atoms with Crippen molar-refractivity contribution in [3.63, 3.8) is 0 Å². The Kier molecular flexibility index (Phi) is 9.70. The highest BCUT2D eigenvalue weighted by atomic mass is 35.6. The number of hydrogen-bond donors (Lipinski definition) is 3. The van der Waals surface area contributed by atoms with E-state index in [0.29, 0.717) is 17.3 Å². The van der Waals surface area contributed by atoms with Crippen molar-refractivity contribution in [2.45, 2.75) is 24.6 Å². The highest BCUT2D eigenvalue weighted by Gasteiger charge is 2.19. The maximum absolute atomic E-state index is 8.87. The molecule has 1 rings (SSSR count). The van der Waals surface area contributed by atoms with Crippen molar-refractivity contribution in [1.82, 2.24) is 0 Å². The first-order valence-corrected chi connectivity index (χ1v) is 9.42. The van der Waals surface area contributed by atoms with E-state index in [0.717, 1.165) is 5.69 Å². The zero-order chi connectivity index (χ0) is 20.5. The summed E-state index contributed by atoms with van der Waals surface area (Å²) in [5.74, 6) is 1.11. The van der Waals surface area contributed by atoms with Gasteiger partial charge in [-0.15, -0.1) is 0 Å². The molecule has 0 aromatic heterocycles. The summed E-state index contributed by atoms with van der Waals surface area (Å²) in [6.07, 6.45) is 1.74. The Balaban J connectivity index is 2.94. The Bertz CT molecular complexity index is 653. The monoisotopic (exact) mass is 437 g/mol. The molecule has 27 heavy (non-hydrogen) atoms. The number of aliphatic hydroxyl groups is 1. The smallest absolute Gasteiger partial charge is 0.213 e. The summed E-state index contributed by atoms with van der Waals surface area (Å²) in [6.45, 7) is 6.06. The van der Waals surface area contributed by atoms with Gasteiger partial charge in [0.25, 0.3) is 0 Å². The van der Waals surface area contributed by atoms with Crippen LogP contribution in [0.1, 0.15) is 20.8 Å². The molecule has 0 saturated carbocycles. The SMILES string of the molecule is CC(C)(C)C(N)=CC(=NCOCC(Cl)(Cl)Cl)Nc1cccc(OCCO)c1. The first-order chi connectivity index (χ1) is 12.5. The number of hydrogen-bond acceptors (Lipinski definition) is 5. The predicted octanol–water partition coefficient (Wildman–Crippen LogP) is 4.10. The molecule has 0 unspecified atom stereocenters. The highest BCUT2D eigenvalue weighted by Crippen LogP contribution is 2.26. The van der Waals surface area contributed by atoms with Crippen LogP contribution in [0.3, 0.4) is 0 Å². The zero-order valence-electron chi connectivity index (χ0n) is 15.6. The third-order valence-electron chi connectivity index (χ3n) is 3.22. The Hall–Kier alpha value is -1.18. The Morgan fingerprint density at radius 1 is 1.30 bits per heavy atom. The van der Waals surface area contributed by atoms with Crippen LogP contribution in [0.25, 0.3) is 0 Å². The maximum Gasteiger partial charge on any atom is 0.213 e. The summed E-state index contributed by atoms with van der Waals surface area (Å²) >= 11 is 17.0. The minimum absolute atomic E-state index is 0.00906. The molecule has 0 aliphatic carbocycles. The van der Waals surface area contributed by atoms with E-state index in [1.807, 2.05) is 32.9 Å². The van der Waals surface area contributed by atoms with Crippen LogP contribution in [-0.4, -0.2) is 41.3 Å². The van der Waals surface area contributed by atoms with Crippen molar-refractivity contribution in [3.05, 3.63) is 36.0 Å². The minimum atomic E-state index is -1.50. The number of nitrogens with one attached hydrogen (secondary N) is 1. The van der Waals surface area contributed by atoms with Gasteiger partial charge in [0.2, 0.25) is 3.79 Å². The molecule has 0 heterocycles. The number of benzene rings is 1. The van der Waals surface area contributed by atoms with Crippen LogP contribution in [0.15, 0.2) is 41.0 Å². The van der Waals surface area contributed by atoms with Gasteiger partial charge in [0.1, 0.15) is 24.9 Å². The Morgan fingerprint density at radius 3 is 2.59 bits per heavy atom. The van der Waals surface area contributed by atoms with Gasteiger partial charge in [-0.2, -0.15) is 0 Å². The number of anilines is 1. The summed E-state index contributed by atoms with van der Waals surface area (Å²) in [5, 5.41) is 12.0. The van der Waals surface area contributed by atoms with Gasteiger partial charge in [0.05, 0.1) is 13.2 Å². The standard InChI is InChI=1S/C18H26Cl3N3O3/c1-17(2,3)15(22)10-16(23-12-26-11-18(19,20)21)24-13-5-4-6-14(9-13)27-8-7-25/h4-6,9-10,25H,7-8,11-12,22H2,1-3H3,(H,23,24). The van der Waals surface area contributed by atoms with Crippen LogP contribution in [0, 0.1) is 5.41 Å². The molecule has 0 fully saturated rings. The largest absolute Gasteiger partial charge is 0.491 e. The number of aliphatic imine (C=N–C) groups is 1. The van der Waals surface area contributed by atoms with Gasteiger partial charge in [0, 0.05) is 22.9 Å². The minimum Gasteiger partial charge on any atom is -0.491 e. The lowest BCUT2D eigenvalue weighted by atomic mass is 9.92. The van der Waals surface area contributed by atoms with E-state index < -0.39 is 3.79 Å². The molecular weight excluding hydrogens is 413 g/mol. The van der Waals surface area contributed by atoms with Crippen molar-refractivity contribution in [3.8, 4) is 5.75 Å². The van der Waals surface area contributed by atoms with Crippen molar-refractivity contribution in [2.75, 3.05) is 31.9 Å². The van der Waals surface area contributed by atoms with Crippen LogP contribution >= 0.6 is 34.8 Å². The first-order valence-electron chi connectivity index (χ1n) is 8.28. The molecular formula is C18H26Cl3N3O3. The number of amidine groups is 1. The van der Waals surface area contributed by atoms with E-state index in [-0.39, 0.29) is 32.0 Å². The lowest BCUT2D eigenvalue weighted by molar-refractivity contribution is 0.147. The predicted molar refractivity (Wildman–Crippen MR) is 113 cm³/mol. The molecule has 0 aliphatic rings. The van der Waals surface area contributed by atoms with Gasteiger partial charge in [-0.05, 0) is 18.2 Å². The number of rotatable bonds is 8. The summed E-state index contributed by atoms with van der Waals surface area (Å²) in [6, 6.07) is 7.25. The average molecular weight is 439 g/mol. The second kappa shape index (κ2) is 11.0. The van der Waals surface area contributed by atoms with Crippen molar-refractivity contribution >= 4 is 46.3 Å². The Labute approximate surface area is 175 Å². The van der Waals surface area contributed by atoms with Gasteiger partial charge < -0.3 is 25.6 Å². The van der Waals surface area contributed by atoms with Crippen molar-refractivity contribution in [2.24, 2.45) is 16.1 Å². The van der Waals surface area contributed by atoms with Gasteiger partial charge in [-0.25, -0.2) is 4.99 Å². The van der Waals surface area contributed by atoms with E-state index in [9.17, 15) is 0 Å². The third kappa shape index (κ3) is 10.7. The lowest BCUT2D eigenvalue weighted by Crippen LogP contribution is -2.21. The molecule has 4 N–H and O–H groups in total. The fraction of sp³-hybridized carbons (Fsp3) is 0.500. The topological polar surface area (TPSA) is 89.1 Å². The van der Waals surface area contributed by atoms with Gasteiger partial charge in [0.15, 0.2) is 0 Å². The van der Waals surface area contributed by atoms with Crippen LogP contribution in [0.4, 0.5) is 5.69 Å². The molecule has 0 saturated heterocycles. The molecule has 1 aromatic carbocycles. The summed E-state index contributed by atoms with van der Waals surface area (Å²) in [7, 11) is 0. The van der Waals surface area contributed by atoms with Crippen molar-refractivity contribution in [1.29, 1.82) is 0 Å². The molecule has 0 bridgehead atoms. The number of alkyl halides is 3. The summed E-state index contributed by atoms with van der Waals surface area (Å²) in [4.78, 5) is 4.34. The molecule has 6 nitrogen and oxygen atoms in total. The molecule has 1 aromatic rings. The number of nitrogens with two attached hydrogens (primary N) is 1. The molecule has 152 valence electrons. The van der Waals surface area contributed by atoms with Crippen LogP contribution < -0.4 is 15.8 Å².